The molecule has 1 aromatic heterocycles. The van der Waals surface area contributed by atoms with Gasteiger partial charge in [0.25, 0.3) is 5.91 Å². The van der Waals surface area contributed by atoms with Gasteiger partial charge in [0.2, 0.25) is 0 Å². The lowest BCUT2D eigenvalue weighted by atomic mass is 10.2. The number of methoxy groups -OCH3 is 1. The molecule has 1 heterocycles. The minimum atomic E-state index is -0.463. The van der Waals surface area contributed by atoms with Crippen molar-refractivity contribution >= 4 is 11.7 Å². The third-order valence-corrected chi connectivity index (χ3v) is 3.37. The Morgan fingerprint density at radius 3 is 2.84 bits per heavy atom. The van der Waals surface area contributed by atoms with Gasteiger partial charge in [-0.15, -0.1) is 6.42 Å². The van der Waals surface area contributed by atoms with Crippen molar-refractivity contribution in [1.29, 1.82) is 0 Å². The van der Waals surface area contributed by atoms with Crippen LogP contribution in [-0.2, 0) is 7.05 Å². The minimum Gasteiger partial charge on any atom is -0.494 e. The van der Waals surface area contributed by atoms with Gasteiger partial charge >= 0.3 is 0 Å². The number of hydrogen-bond acceptors (Lipinski definition) is 4. The number of hydrogen-bond donors (Lipinski definition) is 2. The highest BCUT2D eigenvalue weighted by molar-refractivity contribution is 5.97. The van der Waals surface area contributed by atoms with Crippen LogP contribution in [0.2, 0.25) is 0 Å². The molecule has 0 saturated heterocycles. The summed E-state index contributed by atoms with van der Waals surface area (Å²) in [5.74, 6) is 8.14. The summed E-state index contributed by atoms with van der Waals surface area (Å²) in [5.41, 5.74) is 0.879. The quantitative estimate of drug-likeness (QED) is 0.825. The molecule has 1 aromatic carbocycles. The number of imidazole rings is 1. The second-order valence-electron chi connectivity index (χ2n) is 4.93. The molecule has 0 aliphatic rings. The second-order valence-corrected chi connectivity index (χ2v) is 4.93. The van der Waals surface area contributed by atoms with Crippen LogP contribution in [0.25, 0.3) is 0 Å². The van der Waals surface area contributed by atoms with Crippen LogP contribution in [0.1, 0.15) is 21.9 Å². The van der Waals surface area contributed by atoms with Crippen molar-refractivity contribution in [2.45, 2.75) is 0 Å². The predicted molar refractivity (Wildman–Crippen MR) is 92.9 cm³/mol. The van der Waals surface area contributed by atoms with Gasteiger partial charge in [-0.1, -0.05) is 11.8 Å². The standard InChI is InChI=1S/C18H17FN4O2/c1-5-10-21-18(24)16-17(20-2)22-15(23(16)3)9-7-12-6-8-13(19)14(11-12)25-4/h1,6,8,11,20H,10H2,2-4H3,(H,21,24). The van der Waals surface area contributed by atoms with E-state index in [2.05, 4.69) is 33.4 Å². The number of nitrogens with one attached hydrogen (secondary N) is 2. The van der Waals surface area contributed by atoms with Gasteiger partial charge < -0.3 is 19.9 Å². The minimum absolute atomic E-state index is 0.108. The number of carbonyl (C=O) groups excluding carboxylic acids is 1. The largest absolute Gasteiger partial charge is 0.494 e. The summed E-state index contributed by atoms with van der Waals surface area (Å²) in [7, 11) is 4.71. The van der Waals surface area contributed by atoms with E-state index in [1.807, 2.05) is 0 Å². The van der Waals surface area contributed by atoms with Gasteiger partial charge in [0.15, 0.2) is 28.9 Å². The van der Waals surface area contributed by atoms with E-state index in [1.165, 1.54) is 25.3 Å². The maximum atomic E-state index is 13.4. The van der Waals surface area contributed by atoms with Gasteiger partial charge in [0.05, 0.1) is 13.7 Å². The van der Waals surface area contributed by atoms with E-state index in [1.54, 1.807) is 18.7 Å². The molecule has 128 valence electrons. The molecule has 0 aliphatic heterocycles. The topological polar surface area (TPSA) is 68.2 Å². The molecule has 0 atom stereocenters. The Kier molecular flexibility index (Phi) is 5.65. The number of aromatic nitrogens is 2. The van der Waals surface area contributed by atoms with E-state index in [0.29, 0.717) is 22.9 Å². The molecule has 0 aliphatic carbocycles. The molecule has 0 spiro atoms. The smallest absolute Gasteiger partial charge is 0.272 e. The van der Waals surface area contributed by atoms with Crippen LogP contribution in [0, 0.1) is 30.0 Å². The van der Waals surface area contributed by atoms with Crippen molar-refractivity contribution in [3.05, 3.63) is 41.1 Å². The highest BCUT2D eigenvalue weighted by Gasteiger charge is 2.19. The fourth-order valence-electron chi connectivity index (χ4n) is 2.13. The van der Waals surface area contributed by atoms with E-state index in [9.17, 15) is 9.18 Å². The summed E-state index contributed by atoms with van der Waals surface area (Å²) in [6.45, 7) is 0.115. The van der Waals surface area contributed by atoms with Gasteiger partial charge in [0, 0.05) is 19.7 Å². The van der Waals surface area contributed by atoms with Crippen molar-refractivity contribution < 1.29 is 13.9 Å². The average Bonchev–Trinajstić information content (AvgIpc) is 2.94. The number of anilines is 1. The summed E-state index contributed by atoms with van der Waals surface area (Å²) in [4.78, 5) is 16.5. The van der Waals surface area contributed by atoms with Crippen molar-refractivity contribution in [1.82, 2.24) is 14.9 Å². The Labute approximate surface area is 145 Å². The molecular weight excluding hydrogens is 323 g/mol. The molecule has 25 heavy (non-hydrogen) atoms. The summed E-state index contributed by atoms with van der Waals surface area (Å²) in [5, 5.41) is 5.45. The molecule has 0 radical (unpaired) electrons. The van der Waals surface area contributed by atoms with Gasteiger partial charge in [-0.3, -0.25) is 4.79 Å². The van der Waals surface area contributed by atoms with Crippen LogP contribution in [0.5, 0.6) is 5.75 Å². The normalized spacial score (nSPS) is 9.56. The molecule has 0 fully saturated rings. The number of rotatable bonds is 4. The zero-order valence-electron chi connectivity index (χ0n) is 14.1. The molecule has 2 aromatic rings. The van der Waals surface area contributed by atoms with Crippen LogP contribution in [0.3, 0.4) is 0 Å². The van der Waals surface area contributed by atoms with E-state index in [4.69, 9.17) is 11.2 Å². The third kappa shape index (κ3) is 3.91. The summed E-state index contributed by atoms with van der Waals surface area (Å²) in [6, 6.07) is 4.30. The molecule has 1 amide bonds. The average molecular weight is 340 g/mol. The Morgan fingerprint density at radius 1 is 1.44 bits per heavy atom. The van der Waals surface area contributed by atoms with E-state index < -0.39 is 5.82 Å². The molecule has 2 N–H and O–H groups in total. The van der Waals surface area contributed by atoms with Crippen LogP contribution in [-0.4, -0.2) is 36.2 Å². The fraction of sp³-hybridized carbons (Fsp3) is 0.222. The Hall–Kier alpha value is -3.45. The highest BCUT2D eigenvalue weighted by Crippen LogP contribution is 2.18. The van der Waals surface area contributed by atoms with E-state index >= 15 is 0 Å². The first-order valence-corrected chi connectivity index (χ1v) is 7.33. The highest BCUT2D eigenvalue weighted by atomic mass is 19.1. The number of terminal acetylenes is 1. The molecule has 0 unspecified atom stereocenters. The first kappa shape index (κ1) is 17.9. The van der Waals surface area contributed by atoms with Crippen molar-refractivity contribution in [2.24, 2.45) is 7.05 Å². The lowest BCUT2D eigenvalue weighted by Gasteiger charge is -2.05. The van der Waals surface area contributed by atoms with E-state index in [-0.39, 0.29) is 18.2 Å². The Balaban J connectivity index is 2.38. The number of amides is 1. The monoisotopic (exact) mass is 340 g/mol. The predicted octanol–water partition coefficient (Wildman–Crippen LogP) is 1.37. The van der Waals surface area contributed by atoms with Crippen LogP contribution >= 0.6 is 0 Å². The van der Waals surface area contributed by atoms with E-state index in [0.717, 1.165) is 0 Å². The van der Waals surface area contributed by atoms with Gasteiger partial charge in [-0.2, -0.15) is 0 Å². The van der Waals surface area contributed by atoms with Gasteiger partial charge in [-0.05, 0) is 24.1 Å². The number of nitrogens with zero attached hydrogens (tertiary/aromatic N) is 2. The second kappa shape index (κ2) is 7.89. The van der Waals surface area contributed by atoms with Crippen molar-refractivity contribution in [3.63, 3.8) is 0 Å². The number of ether oxygens (including phenoxy) is 1. The zero-order valence-corrected chi connectivity index (χ0v) is 14.1. The molecule has 0 bridgehead atoms. The lowest BCUT2D eigenvalue weighted by Crippen LogP contribution is -2.26. The SMILES string of the molecule is C#CCNC(=O)c1c(NC)nc(C#Cc2ccc(F)c(OC)c2)n1C. The lowest BCUT2D eigenvalue weighted by molar-refractivity contribution is 0.0951. The summed E-state index contributed by atoms with van der Waals surface area (Å²) < 4.78 is 19.9. The Bertz CT molecular complexity index is 900. The van der Waals surface area contributed by atoms with Gasteiger partial charge in [-0.25, -0.2) is 9.37 Å². The fourth-order valence-corrected chi connectivity index (χ4v) is 2.13. The molecule has 6 nitrogen and oxygen atoms in total. The number of benzene rings is 1. The van der Waals surface area contributed by atoms with Gasteiger partial charge in [0.1, 0.15) is 0 Å². The van der Waals surface area contributed by atoms with Crippen LogP contribution in [0.15, 0.2) is 18.2 Å². The van der Waals surface area contributed by atoms with Crippen molar-refractivity contribution in [3.8, 4) is 29.9 Å². The number of halogens is 1. The molecule has 2 rings (SSSR count). The van der Waals surface area contributed by atoms with Crippen LogP contribution < -0.4 is 15.4 Å². The number of carbonyl (C=O) groups is 1. The van der Waals surface area contributed by atoms with Crippen LogP contribution in [0.4, 0.5) is 10.2 Å². The summed E-state index contributed by atoms with van der Waals surface area (Å²) >= 11 is 0. The molecule has 0 saturated carbocycles. The maximum absolute atomic E-state index is 13.4. The van der Waals surface area contributed by atoms with Crippen molar-refractivity contribution in [2.75, 3.05) is 26.0 Å². The first-order valence-electron chi connectivity index (χ1n) is 7.33. The maximum Gasteiger partial charge on any atom is 0.272 e. The summed E-state index contributed by atoms with van der Waals surface area (Å²) in [6.07, 6.45) is 5.15. The molecule has 7 heteroatoms. The first-order chi connectivity index (χ1) is 12.0. The third-order valence-electron chi connectivity index (χ3n) is 3.37. The zero-order chi connectivity index (χ0) is 18.4. The Morgan fingerprint density at radius 2 is 2.20 bits per heavy atom. The molecular formula is C18H17FN4O2.